The molecule has 0 spiro atoms. The van der Waals surface area contributed by atoms with Crippen LogP contribution in [0.15, 0.2) is 217 Å². The van der Waals surface area contributed by atoms with Crippen LogP contribution in [0.1, 0.15) is 0 Å². The Morgan fingerprint density at radius 3 is 1.69 bits per heavy atom. The third-order valence-corrected chi connectivity index (χ3v) is 12.0. The van der Waals surface area contributed by atoms with E-state index in [2.05, 4.69) is 217 Å². The summed E-state index contributed by atoms with van der Waals surface area (Å²) in [4.78, 5) is 2.46. The van der Waals surface area contributed by atoms with Crippen molar-refractivity contribution >= 4 is 92.9 Å². The van der Waals surface area contributed by atoms with E-state index < -0.39 is 0 Å². The predicted octanol–water partition coefficient (Wildman–Crippen LogP) is 16.2. The highest BCUT2D eigenvalue weighted by molar-refractivity contribution is 6.18. The Hall–Kier alpha value is -7.68. The van der Waals surface area contributed by atoms with Crippen LogP contribution in [0.25, 0.3) is 98.1 Å². The molecule has 12 rings (SSSR count). The van der Waals surface area contributed by atoms with E-state index in [-0.39, 0.29) is 0 Å². The van der Waals surface area contributed by atoms with Gasteiger partial charge in [0.15, 0.2) is 0 Å². The van der Waals surface area contributed by atoms with Crippen molar-refractivity contribution in [1.29, 1.82) is 0 Å². The average molecular weight is 738 g/mol. The Labute approximate surface area is 335 Å². The molecule has 11 aromatic carbocycles. The summed E-state index contributed by atoms with van der Waals surface area (Å²) >= 11 is 0. The minimum Gasteiger partial charge on any atom is -0.455 e. The molecule has 58 heavy (non-hydrogen) atoms. The van der Waals surface area contributed by atoms with Gasteiger partial charge in [-0.25, -0.2) is 0 Å². The molecule has 2 nitrogen and oxygen atoms in total. The number of hydrogen-bond acceptors (Lipinski definition) is 2. The smallest absolute Gasteiger partial charge is 0.143 e. The fourth-order valence-corrected chi connectivity index (χ4v) is 9.31. The zero-order valence-corrected chi connectivity index (χ0v) is 31.6. The summed E-state index contributed by atoms with van der Waals surface area (Å²) < 4.78 is 6.84. The number of hydrogen-bond donors (Lipinski definition) is 0. The van der Waals surface area contributed by atoms with Gasteiger partial charge >= 0.3 is 0 Å². The van der Waals surface area contributed by atoms with Crippen LogP contribution in [0.5, 0.6) is 0 Å². The van der Waals surface area contributed by atoms with Gasteiger partial charge in [0.1, 0.15) is 11.2 Å². The van der Waals surface area contributed by atoms with Gasteiger partial charge in [0.05, 0.1) is 11.4 Å². The first-order valence-electron chi connectivity index (χ1n) is 19.9. The van der Waals surface area contributed by atoms with Gasteiger partial charge in [0, 0.05) is 38.7 Å². The quantitative estimate of drug-likeness (QED) is 0.164. The topological polar surface area (TPSA) is 16.4 Å². The molecule has 0 saturated heterocycles. The number of benzene rings is 11. The molecule has 0 amide bonds. The fraction of sp³-hybridized carbons (Fsp3) is 0. The van der Waals surface area contributed by atoms with E-state index in [1.165, 1.54) is 70.7 Å². The van der Waals surface area contributed by atoms with Crippen molar-refractivity contribution in [2.45, 2.75) is 0 Å². The zero-order valence-electron chi connectivity index (χ0n) is 31.6. The van der Waals surface area contributed by atoms with Crippen molar-refractivity contribution in [2.24, 2.45) is 0 Å². The van der Waals surface area contributed by atoms with E-state index in [0.717, 1.165) is 44.4 Å². The van der Waals surface area contributed by atoms with Crippen molar-refractivity contribution in [3.63, 3.8) is 0 Å². The molecule has 1 aromatic heterocycles. The first kappa shape index (κ1) is 32.6. The maximum Gasteiger partial charge on any atom is 0.143 e. The predicted molar refractivity (Wildman–Crippen MR) is 247 cm³/mol. The van der Waals surface area contributed by atoms with Crippen molar-refractivity contribution in [3.8, 4) is 22.3 Å². The number of rotatable bonds is 5. The second-order valence-corrected chi connectivity index (χ2v) is 15.2. The lowest BCUT2D eigenvalue weighted by atomic mass is 9.91. The Bertz CT molecular complexity index is 3580. The van der Waals surface area contributed by atoms with E-state index in [1.807, 2.05) is 0 Å². The van der Waals surface area contributed by atoms with Gasteiger partial charge in [-0.2, -0.15) is 0 Å². The summed E-state index contributed by atoms with van der Waals surface area (Å²) in [5.41, 5.74) is 9.80. The van der Waals surface area contributed by atoms with Crippen LogP contribution >= 0.6 is 0 Å². The lowest BCUT2D eigenvalue weighted by Gasteiger charge is -2.29. The van der Waals surface area contributed by atoms with E-state index in [1.54, 1.807) is 0 Å². The summed E-state index contributed by atoms with van der Waals surface area (Å²) in [6.07, 6.45) is 0. The third-order valence-electron chi connectivity index (χ3n) is 12.0. The third kappa shape index (κ3) is 5.05. The molecule has 1 heterocycles. The monoisotopic (exact) mass is 737 g/mol. The highest BCUT2D eigenvalue weighted by Gasteiger charge is 2.23. The first-order chi connectivity index (χ1) is 28.8. The normalized spacial score (nSPS) is 11.8. The van der Waals surface area contributed by atoms with Gasteiger partial charge in [-0.3, -0.25) is 0 Å². The summed E-state index contributed by atoms with van der Waals surface area (Å²) in [6, 6.07) is 77.2. The lowest BCUT2D eigenvalue weighted by Crippen LogP contribution is -2.11. The van der Waals surface area contributed by atoms with Crippen molar-refractivity contribution in [3.05, 3.63) is 212 Å². The summed E-state index contributed by atoms with van der Waals surface area (Å²) in [7, 11) is 0. The van der Waals surface area contributed by atoms with Gasteiger partial charge in [0.2, 0.25) is 0 Å². The van der Waals surface area contributed by atoms with Crippen LogP contribution in [-0.4, -0.2) is 0 Å². The van der Waals surface area contributed by atoms with E-state index in [4.69, 9.17) is 4.42 Å². The molecule has 0 atom stereocenters. The molecule has 0 aliphatic carbocycles. The first-order valence-corrected chi connectivity index (χ1v) is 19.9. The van der Waals surface area contributed by atoms with E-state index in [0.29, 0.717) is 0 Å². The Morgan fingerprint density at radius 2 is 0.897 bits per heavy atom. The Morgan fingerprint density at radius 1 is 0.293 bits per heavy atom. The van der Waals surface area contributed by atoms with Crippen LogP contribution in [0, 0.1) is 0 Å². The molecule has 0 aliphatic rings. The van der Waals surface area contributed by atoms with Gasteiger partial charge in [0.25, 0.3) is 0 Å². The fourth-order valence-electron chi connectivity index (χ4n) is 9.31. The maximum absolute atomic E-state index is 6.84. The van der Waals surface area contributed by atoms with Crippen molar-refractivity contribution < 1.29 is 4.42 Å². The summed E-state index contributed by atoms with van der Waals surface area (Å²) in [5.74, 6) is 0. The second kappa shape index (κ2) is 12.9. The second-order valence-electron chi connectivity index (χ2n) is 15.2. The van der Waals surface area contributed by atoms with Gasteiger partial charge in [-0.05, 0) is 102 Å². The number of anilines is 3. The summed E-state index contributed by atoms with van der Waals surface area (Å²) in [6.45, 7) is 0. The zero-order chi connectivity index (χ0) is 38.2. The highest BCUT2D eigenvalue weighted by atomic mass is 16.3. The SMILES string of the molecule is c1ccc(-c2ccc(N(c3ccc4c(c3)oc3c5ccccc5ccc43)c3cc(-c4cc5ccccc5c5ccccc45)cc4ccccc34)c3ccccc23)cc1. The lowest BCUT2D eigenvalue weighted by molar-refractivity contribution is 0.673. The molecule has 0 aliphatic heterocycles. The number of fused-ring (bicyclic) bond motifs is 10. The highest BCUT2D eigenvalue weighted by Crippen LogP contribution is 2.48. The van der Waals surface area contributed by atoms with Gasteiger partial charge in [-0.15, -0.1) is 0 Å². The molecule has 0 N–H and O–H groups in total. The molecule has 270 valence electrons. The van der Waals surface area contributed by atoms with Crippen LogP contribution in [-0.2, 0) is 0 Å². The molecule has 0 bridgehead atoms. The molecule has 0 radical (unpaired) electrons. The minimum absolute atomic E-state index is 0.861. The molecule has 2 heteroatoms. The molecule has 0 fully saturated rings. The van der Waals surface area contributed by atoms with Crippen LogP contribution in [0.2, 0.25) is 0 Å². The van der Waals surface area contributed by atoms with Crippen LogP contribution < -0.4 is 4.90 Å². The van der Waals surface area contributed by atoms with Crippen LogP contribution in [0.3, 0.4) is 0 Å². The van der Waals surface area contributed by atoms with E-state index in [9.17, 15) is 0 Å². The van der Waals surface area contributed by atoms with Crippen molar-refractivity contribution in [1.82, 2.24) is 0 Å². The summed E-state index contributed by atoms with van der Waals surface area (Å²) in [5, 5.41) is 14.2. The standard InChI is InChI=1S/C56H35NO/c1-2-14-36(15-3-1)43-30-31-53(49-25-13-12-23-47(43)49)57(41-27-29-50-51-28-26-37-16-4-9-21-45(37)56(51)58-55(50)35-41)54-34-40(32-38-17-6-8-20-44(38)54)52-33-39-18-5-7-19-42(39)46-22-10-11-24-48(46)52/h1-35H. The Kier molecular flexibility index (Phi) is 7.26. The van der Waals surface area contributed by atoms with Crippen molar-refractivity contribution in [2.75, 3.05) is 4.90 Å². The molecule has 12 aromatic rings. The number of furan rings is 1. The molecular formula is C56H35NO. The van der Waals surface area contributed by atoms with Crippen LogP contribution in [0.4, 0.5) is 17.1 Å². The molecule has 0 unspecified atom stereocenters. The Balaban J connectivity index is 1.17. The largest absolute Gasteiger partial charge is 0.455 e. The van der Waals surface area contributed by atoms with E-state index >= 15 is 0 Å². The number of nitrogens with zero attached hydrogens (tertiary/aromatic N) is 1. The minimum atomic E-state index is 0.861. The maximum atomic E-state index is 6.84. The van der Waals surface area contributed by atoms with Gasteiger partial charge in [-0.1, -0.05) is 164 Å². The molecular weight excluding hydrogens is 703 g/mol. The average Bonchev–Trinajstić information content (AvgIpc) is 3.68. The molecule has 0 saturated carbocycles. The van der Waals surface area contributed by atoms with Gasteiger partial charge < -0.3 is 9.32 Å².